The lowest BCUT2D eigenvalue weighted by molar-refractivity contribution is 0.0526. The molecule has 0 spiro atoms. The van der Waals surface area contributed by atoms with E-state index in [-0.39, 0.29) is 17.6 Å². The molecule has 1 aromatic rings. The van der Waals surface area contributed by atoms with Gasteiger partial charge in [0.15, 0.2) is 0 Å². The van der Waals surface area contributed by atoms with Gasteiger partial charge in [-0.15, -0.1) is 0 Å². The molecule has 0 N–H and O–H groups in total. The van der Waals surface area contributed by atoms with Crippen molar-refractivity contribution in [2.75, 3.05) is 26.8 Å². The van der Waals surface area contributed by atoms with Gasteiger partial charge in [-0.05, 0) is 44.0 Å². The number of methoxy groups -OCH3 is 1. The van der Waals surface area contributed by atoms with Crippen molar-refractivity contribution in [3.05, 3.63) is 29.8 Å². The third-order valence-corrected chi connectivity index (χ3v) is 5.65. The Bertz CT molecular complexity index is 603. The summed E-state index contributed by atoms with van der Waals surface area (Å²) in [4.78, 5) is 11.8. The molecule has 0 atom stereocenters. The van der Waals surface area contributed by atoms with Gasteiger partial charge in [0, 0.05) is 20.2 Å². The van der Waals surface area contributed by atoms with Gasteiger partial charge < -0.3 is 9.47 Å². The van der Waals surface area contributed by atoms with Crippen LogP contribution in [-0.2, 0) is 19.5 Å². The standard InChI is InChI=1S/C15H21NO5S/c1-3-21-15(17)12-4-6-14(7-5-12)22(18,19)16-10-8-13(20-2)9-11-16/h4-7,13H,3,8-11H2,1-2H3. The molecular formula is C15H21NO5S. The SMILES string of the molecule is CCOC(=O)c1ccc(S(=O)(=O)N2CCC(OC)CC2)cc1. The third kappa shape index (κ3) is 3.66. The molecule has 1 aliphatic heterocycles. The quantitative estimate of drug-likeness (QED) is 0.769. The molecular weight excluding hydrogens is 306 g/mol. The van der Waals surface area contributed by atoms with Crippen LogP contribution >= 0.6 is 0 Å². The molecule has 122 valence electrons. The molecule has 1 heterocycles. The zero-order valence-corrected chi connectivity index (χ0v) is 13.6. The Morgan fingerprint density at radius 2 is 1.82 bits per heavy atom. The van der Waals surface area contributed by atoms with Gasteiger partial charge >= 0.3 is 5.97 Å². The lowest BCUT2D eigenvalue weighted by Gasteiger charge is -2.30. The minimum absolute atomic E-state index is 0.123. The molecule has 0 bridgehead atoms. The van der Waals surface area contributed by atoms with Crippen LogP contribution in [0.1, 0.15) is 30.1 Å². The van der Waals surface area contributed by atoms with Crippen molar-refractivity contribution in [3.8, 4) is 0 Å². The Hall–Kier alpha value is -1.44. The zero-order valence-electron chi connectivity index (χ0n) is 12.8. The largest absolute Gasteiger partial charge is 0.462 e. The van der Waals surface area contributed by atoms with Crippen LogP contribution in [0.5, 0.6) is 0 Å². The predicted molar refractivity (Wildman–Crippen MR) is 81.2 cm³/mol. The van der Waals surface area contributed by atoms with E-state index in [1.807, 2.05) is 0 Å². The number of esters is 1. The average molecular weight is 327 g/mol. The molecule has 0 unspecified atom stereocenters. The molecule has 7 heteroatoms. The Balaban J connectivity index is 2.11. The Labute approximate surface area is 131 Å². The second kappa shape index (κ2) is 7.21. The van der Waals surface area contributed by atoms with Crippen LogP contribution < -0.4 is 0 Å². The Kier molecular flexibility index (Phi) is 5.55. The fourth-order valence-corrected chi connectivity index (χ4v) is 3.90. The number of carbonyl (C=O) groups is 1. The number of piperidine rings is 1. The molecule has 6 nitrogen and oxygen atoms in total. The average Bonchev–Trinajstić information content (AvgIpc) is 2.55. The van der Waals surface area contributed by atoms with Gasteiger partial charge in [0.1, 0.15) is 0 Å². The molecule has 1 fully saturated rings. The highest BCUT2D eigenvalue weighted by atomic mass is 32.2. The van der Waals surface area contributed by atoms with Crippen molar-refractivity contribution in [1.29, 1.82) is 0 Å². The normalized spacial score (nSPS) is 17.4. The van der Waals surface area contributed by atoms with Gasteiger partial charge in [0.05, 0.1) is 23.2 Å². The summed E-state index contributed by atoms with van der Waals surface area (Å²) in [6.07, 6.45) is 1.51. The fourth-order valence-electron chi connectivity index (χ4n) is 2.43. The summed E-state index contributed by atoms with van der Waals surface area (Å²) in [5, 5.41) is 0. The summed E-state index contributed by atoms with van der Waals surface area (Å²) >= 11 is 0. The van der Waals surface area contributed by atoms with Crippen LogP contribution in [-0.4, -0.2) is 51.6 Å². The maximum absolute atomic E-state index is 12.6. The number of benzene rings is 1. The molecule has 0 aliphatic carbocycles. The summed E-state index contributed by atoms with van der Waals surface area (Å²) in [6.45, 7) is 2.90. The van der Waals surface area contributed by atoms with Crippen molar-refractivity contribution in [1.82, 2.24) is 4.31 Å². The van der Waals surface area contributed by atoms with Crippen LogP contribution in [0.4, 0.5) is 0 Å². The maximum Gasteiger partial charge on any atom is 0.338 e. The van der Waals surface area contributed by atoms with E-state index in [0.29, 0.717) is 31.5 Å². The van der Waals surface area contributed by atoms with Crippen molar-refractivity contribution >= 4 is 16.0 Å². The summed E-state index contributed by atoms with van der Waals surface area (Å²) < 4.78 is 36.7. The lowest BCUT2D eigenvalue weighted by atomic mass is 10.1. The van der Waals surface area contributed by atoms with Crippen molar-refractivity contribution in [2.45, 2.75) is 30.8 Å². The number of ether oxygens (including phenoxy) is 2. The van der Waals surface area contributed by atoms with Crippen LogP contribution in [0.25, 0.3) is 0 Å². The van der Waals surface area contributed by atoms with Gasteiger partial charge in [0.25, 0.3) is 0 Å². The molecule has 2 rings (SSSR count). The van der Waals surface area contributed by atoms with E-state index in [1.54, 1.807) is 14.0 Å². The first kappa shape index (κ1) is 16.9. The second-order valence-corrected chi connectivity index (χ2v) is 7.02. The van der Waals surface area contributed by atoms with E-state index in [0.717, 1.165) is 0 Å². The number of rotatable bonds is 5. The second-order valence-electron chi connectivity index (χ2n) is 5.08. The van der Waals surface area contributed by atoms with Crippen molar-refractivity contribution in [2.24, 2.45) is 0 Å². The van der Waals surface area contributed by atoms with Gasteiger partial charge in [-0.25, -0.2) is 13.2 Å². The smallest absolute Gasteiger partial charge is 0.338 e. The van der Waals surface area contributed by atoms with E-state index >= 15 is 0 Å². The minimum Gasteiger partial charge on any atom is -0.462 e. The van der Waals surface area contributed by atoms with Crippen molar-refractivity contribution in [3.63, 3.8) is 0 Å². The highest BCUT2D eigenvalue weighted by Crippen LogP contribution is 2.22. The lowest BCUT2D eigenvalue weighted by Crippen LogP contribution is -2.40. The Morgan fingerprint density at radius 1 is 1.23 bits per heavy atom. The predicted octanol–water partition coefficient (Wildman–Crippen LogP) is 1.66. The van der Waals surface area contributed by atoms with Gasteiger partial charge in [-0.3, -0.25) is 0 Å². The summed E-state index contributed by atoms with van der Waals surface area (Å²) in [5.74, 6) is -0.452. The highest BCUT2D eigenvalue weighted by molar-refractivity contribution is 7.89. The molecule has 0 amide bonds. The van der Waals surface area contributed by atoms with Crippen molar-refractivity contribution < 1.29 is 22.7 Å². The van der Waals surface area contributed by atoms with Crippen LogP contribution in [0.2, 0.25) is 0 Å². The number of sulfonamides is 1. The van der Waals surface area contributed by atoms with E-state index in [9.17, 15) is 13.2 Å². The molecule has 1 aliphatic rings. The van der Waals surface area contributed by atoms with E-state index < -0.39 is 16.0 Å². The minimum atomic E-state index is -3.52. The Morgan fingerprint density at radius 3 is 2.32 bits per heavy atom. The topological polar surface area (TPSA) is 72.9 Å². The fraction of sp³-hybridized carbons (Fsp3) is 0.533. The van der Waals surface area contributed by atoms with Crippen LogP contribution in [0.3, 0.4) is 0 Å². The highest BCUT2D eigenvalue weighted by Gasteiger charge is 2.29. The zero-order chi connectivity index (χ0) is 16.2. The number of carbonyl (C=O) groups excluding carboxylic acids is 1. The molecule has 0 aromatic heterocycles. The van der Waals surface area contributed by atoms with E-state index in [4.69, 9.17) is 9.47 Å². The maximum atomic E-state index is 12.6. The summed E-state index contributed by atoms with van der Waals surface area (Å²) in [6, 6.07) is 5.85. The van der Waals surface area contributed by atoms with E-state index in [2.05, 4.69) is 0 Å². The first-order valence-corrected chi connectivity index (χ1v) is 8.73. The molecule has 0 saturated carbocycles. The van der Waals surface area contributed by atoms with E-state index in [1.165, 1.54) is 28.6 Å². The third-order valence-electron chi connectivity index (χ3n) is 3.74. The number of nitrogens with zero attached hydrogens (tertiary/aromatic N) is 1. The first-order chi connectivity index (χ1) is 10.5. The first-order valence-electron chi connectivity index (χ1n) is 7.29. The molecule has 1 saturated heterocycles. The number of hydrogen-bond acceptors (Lipinski definition) is 5. The summed E-state index contributed by atoms with van der Waals surface area (Å²) in [7, 11) is -1.88. The molecule has 0 radical (unpaired) electrons. The molecule has 22 heavy (non-hydrogen) atoms. The summed E-state index contributed by atoms with van der Waals surface area (Å²) in [5.41, 5.74) is 0.346. The van der Waals surface area contributed by atoms with Crippen LogP contribution in [0, 0.1) is 0 Å². The monoisotopic (exact) mass is 327 g/mol. The van der Waals surface area contributed by atoms with Crippen LogP contribution in [0.15, 0.2) is 29.2 Å². The van der Waals surface area contributed by atoms with Gasteiger partial charge in [-0.2, -0.15) is 4.31 Å². The molecule has 1 aromatic carbocycles. The van der Waals surface area contributed by atoms with Gasteiger partial charge in [0.2, 0.25) is 10.0 Å². The number of hydrogen-bond donors (Lipinski definition) is 0. The van der Waals surface area contributed by atoms with Gasteiger partial charge in [-0.1, -0.05) is 0 Å².